The smallest absolute Gasteiger partial charge is 0.238 e. The molecule has 0 spiro atoms. The van der Waals surface area contributed by atoms with Gasteiger partial charge in [-0.3, -0.25) is 4.79 Å². The van der Waals surface area contributed by atoms with E-state index in [1.165, 1.54) is 32.9 Å². The van der Waals surface area contributed by atoms with Crippen molar-refractivity contribution in [2.45, 2.75) is 38.8 Å². The molecule has 1 heterocycles. The van der Waals surface area contributed by atoms with E-state index < -0.39 is 0 Å². The Morgan fingerprint density at radius 2 is 1.80 bits per heavy atom. The molecule has 0 aliphatic heterocycles. The molecule has 4 heteroatoms. The standard InChI is InChI=1S/C26H27N3O/c1-2-29-24-13-6-5-11-21(24)22-16-19(14-15-25(22)29)28-26(30)17-27-23-12-7-9-18-8-3-4-10-20(18)23/h3-6,8,10-11,13-16,23,27H,2,7,9,12,17H2,1H3,(H,28,30)/t23-/m0/s1. The molecule has 2 N–H and O–H groups in total. The summed E-state index contributed by atoms with van der Waals surface area (Å²) in [6.45, 7) is 3.40. The van der Waals surface area contributed by atoms with E-state index in [9.17, 15) is 4.79 Å². The molecule has 152 valence electrons. The number of anilines is 1. The summed E-state index contributed by atoms with van der Waals surface area (Å²) in [7, 11) is 0. The molecule has 0 bridgehead atoms. The molecule has 1 atom stereocenters. The first-order chi connectivity index (χ1) is 14.7. The second kappa shape index (κ2) is 7.96. The van der Waals surface area contributed by atoms with Crippen LogP contribution < -0.4 is 10.6 Å². The van der Waals surface area contributed by atoms with Crippen molar-refractivity contribution in [2.75, 3.05) is 11.9 Å². The van der Waals surface area contributed by atoms with Gasteiger partial charge in [0.05, 0.1) is 6.54 Å². The van der Waals surface area contributed by atoms with E-state index in [-0.39, 0.29) is 11.9 Å². The molecular formula is C26H27N3O. The summed E-state index contributed by atoms with van der Waals surface area (Å²) in [4.78, 5) is 12.6. The summed E-state index contributed by atoms with van der Waals surface area (Å²) in [5.74, 6) is -0.00312. The fourth-order valence-corrected chi connectivity index (χ4v) is 4.86. The second-order valence-corrected chi connectivity index (χ2v) is 8.07. The third-order valence-corrected chi connectivity index (χ3v) is 6.25. The van der Waals surface area contributed by atoms with Crippen molar-refractivity contribution in [1.82, 2.24) is 9.88 Å². The number of hydrogen-bond acceptors (Lipinski definition) is 2. The van der Waals surface area contributed by atoms with Gasteiger partial charge in [-0.2, -0.15) is 0 Å². The van der Waals surface area contributed by atoms with Crippen molar-refractivity contribution >= 4 is 33.4 Å². The number of benzene rings is 3. The van der Waals surface area contributed by atoms with E-state index in [0.717, 1.165) is 31.5 Å². The molecule has 1 aliphatic carbocycles. The number of carbonyl (C=O) groups is 1. The van der Waals surface area contributed by atoms with Gasteiger partial charge in [0.2, 0.25) is 5.91 Å². The van der Waals surface area contributed by atoms with Gasteiger partial charge in [0.25, 0.3) is 0 Å². The third kappa shape index (κ3) is 3.37. The summed E-state index contributed by atoms with van der Waals surface area (Å²) in [6, 6.07) is 23.5. The number of hydrogen-bond donors (Lipinski definition) is 2. The maximum absolute atomic E-state index is 12.6. The molecule has 4 aromatic rings. The Kier molecular flexibility index (Phi) is 5.01. The van der Waals surface area contributed by atoms with Gasteiger partial charge in [0.1, 0.15) is 0 Å². The van der Waals surface area contributed by atoms with E-state index in [0.29, 0.717) is 6.54 Å². The van der Waals surface area contributed by atoms with Crippen molar-refractivity contribution < 1.29 is 4.79 Å². The highest BCUT2D eigenvalue weighted by Gasteiger charge is 2.20. The van der Waals surface area contributed by atoms with Crippen molar-refractivity contribution in [3.63, 3.8) is 0 Å². The van der Waals surface area contributed by atoms with E-state index >= 15 is 0 Å². The zero-order chi connectivity index (χ0) is 20.5. The maximum Gasteiger partial charge on any atom is 0.238 e. The lowest BCUT2D eigenvalue weighted by atomic mass is 9.88. The molecule has 1 aromatic heterocycles. The van der Waals surface area contributed by atoms with Gasteiger partial charge in [-0.1, -0.05) is 42.5 Å². The molecule has 0 unspecified atom stereocenters. The normalized spacial score (nSPS) is 16.0. The Hall–Kier alpha value is -3.11. The number of amides is 1. The second-order valence-electron chi connectivity index (χ2n) is 8.07. The van der Waals surface area contributed by atoms with Gasteiger partial charge < -0.3 is 15.2 Å². The van der Waals surface area contributed by atoms with E-state index in [2.05, 4.69) is 82.8 Å². The van der Waals surface area contributed by atoms with Crippen LogP contribution in [0.1, 0.15) is 36.9 Å². The minimum atomic E-state index is -0.00312. The summed E-state index contributed by atoms with van der Waals surface area (Å²) < 4.78 is 2.32. The average molecular weight is 398 g/mol. The van der Waals surface area contributed by atoms with Crippen LogP contribution in [0.15, 0.2) is 66.7 Å². The molecule has 5 rings (SSSR count). The zero-order valence-electron chi connectivity index (χ0n) is 17.3. The van der Waals surface area contributed by atoms with Gasteiger partial charge in [0, 0.05) is 40.1 Å². The Morgan fingerprint density at radius 1 is 1.00 bits per heavy atom. The summed E-state index contributed by atoms with van der Waals surface area (Å²) in [5.41, 5.74) is 6.02. The van der Waals surface area contributed by atoms with Gasteiger partial charge in [0.15, 0.2) is 0 Å². The van der Waals surface area contributed by atoms with Crippen LogP contribution in [-0.4, -0.2) is 17.0 Å². The van der Waals surface area contributed by atoms with E-state index in [4.69, 9.17) is 0 Å². The molecule has 4 nitrogen and oxygen atoms in total. The lowest BCUT2D eigenvalue weighted by Gasteiger charge is -2.26. The summed E-state index contributed by atoms with van der Waals surface area (Å²) >= 11 is 0. The Labute approximate surface area is 176 Å². The van der Waals surface area contributed by atoms with Crippen molar-refractivity contribution in [2.24, 2.45) is 0 Å². The topological polar surface area (TPSA) is 46.1 Å². The highest BCUT2D eigenvalue weighted by molar-refractivity contribution is 6.09. The molecule has 0 radical (unpaired) electrons. The first kappa shape index (κ1) is 18.9. The SMILES string of the molecule is CCn1c2ccccc2c2cc(NC(=O)CN[C@H]3CCCc4ccccc43)ccc21. The third-order valence-electron chi connectivity index (χ3n) is 6.25. The van der Waals surface area contributed by atoms with Gasteiger partial charge in [-0.05, 0) is 61.6 Å². The van der Waals surface area contributed by atoms with Crippen LogP contribution in [0.3, 0.4) is 0 Å². The molecule has 30 heavy (non-hydrogen) atoms. The fourth-order valence-electron chi connectivity index (χ4n) is 4.86. The largest absolute Gasteiger partial charge is 0.341 e. The molecule has 0 fully saturated rings. The monoisotopic (exact) mass is 397 g/mol. The van der Waals surface area contributed by atoms with Gasteiger partial charge in [-0.15, -0.1) is 0 Å². The number of rotatable bonds is 5. The quantitative estimate of drug-likeness (QED) is 0.472. The zero-order valence-corrected chi connectivity index (χ0v) is 17.3. The first-order valence-electron chi connectivity index (χ1n) is 10.9. The number of fused-ring (bicyclic) bond motifs is 4. The number of carbonyl (C=O) groups excluding carboxylic acids is 1. The first-order valence-corrected chi connectivity index (χ1v) is 10.9. The number of aryl methyl sites for hydroxylation is 2. The lowest BCUT2D eigenvalue weighted by molar-refractivity contribution is -0.115. The fraction of sp³-hybridized carbons (Fsp3) is 0.269. The summed E-state index contributed by atoms with van der Waals surface area (Å²) in [6.07, 6.45) is 3.37. The molecule has 3 aromatic carbocycles. The van der Waals surface area contributed by atoms with E-state index in [1.54, 1.807) is 0 Å². The predicted molar refractivity (Wildman–Crippen MR) is 124 cm³/mol. The molecule has 1 amide bonds. The van der Waals surface area contributed by atoms with Crippen LogP contribution in [0, 0.1) is 0 Å². The number of nitrogens with one attached hydrogen (secondary N) is 2. The minimum absolute atomic E-state index is 0.00312. The van der Waals surface area contributed by atoms with Crippen LogP contribution in [-0.2, 0) is 17.8 Å². The predicted octanol–water partition coefficient (Wildman–Crippen LogP) is 5.42. The number of para-hydroxylation sites is 1. The maximum atomic E-state index is 12.6. The number of nitrogens with zero attached hydrogens (tertiary/aromatic N) is 1. The van der Waals surface area contributed by atoms with Crippen molar-refractivity contribution in [3.8, 4) is 0 Å². The van der Waals surface area contributed by atoms with Gasteiger partial charge >= 0.3 is 0 Å². The lowest BCUT2D eigenvalue weighted by Crippen LogP contribution is -2.33. The van der Waals surface area contributed by atoms with Crippen molar-refractivity contribution in [1.29, 1.82) is 0 Å². The van der Waals surface area contributed by atoms with E-state index in [1.807, 2.05) is 6.07 Å². The average Bonchev–Trinajstić information content (AvgIpc) is 3.10. The minimum Gasteiger partial charge on any atom is -0.341 e. The molecular weight excluding hydrogens is 370 g/mol. The highest BCUT2D eigenvalue weighted by Crippen LogP contribution is 2.31. The highest BCUT2D eigenvalue weighted by atomic mass is 16.1. The van der Waals surface area contributed by atoms with Crippen LogP contribution >= 0.6 is 0 Å². The molecule has 1 aliphatic rings. The molecule has 0 saturated heterocycles. The number of aromatic nitrogens is 1. The summed E-state index contributed by atoms with van der Waals surface area (Å²) in [5, 5.41) is 8.95. The Morgan fingerprint density at radius 3 is 2.70 bits per heavy atom. The molecule has 0 saturated carbocycles. The van der Waals surface area contributed by atoms with Crippen LogP contribution in [0.5, 0.6) is 0 Å². The Bertz CT molecular complexity index is 1220. The van der Waals surface area contributed by atoms with Crippen LogP contribution in [0.2, 0.25) is 0 Å². The van der Waals surface area contributed by atoms with Crippen LogP contribution in [0.4, 0.5) is 5.69 Å². The van der Waals surface area contributed by atoms with Crippen molar-refractivity contribution in [3.05, 3.63) is 77.9 Å². The Balaban J connectivity index is 1.32. The van der Waals surface area contributed by atoms with Crippen LogP contribution in [0.25, 0.3) is 21.8 Å². The van der Waals surface area contributed by atoms with Gasteiger partial charge in [-0.25, -0.2) is 0 Å².